The SMILES string of the molecule is C#CCN1C[C@]2(C(=O)OC)C(=O)[C@](C(=O)OC)(C1)C(c1ccccn1)N(C)C2c1ccccn1. The Hall–Kier alpha value is -3.61. The van der Waals surface area contributed by atoms with Crippen LogP contribution in [0.4, 0.5) is 0 Å². The van der Waals surface area contributed by atoms with E-state index in [1.807, 2.05) is 4.90 Å². The van der Waals surface area contributed by atoms with Crippen molar-refractivity contribution in [2.24, 2.45) is 10.8 Å². The lowest BCUT2D eigenvalue weighted by Crippen LogP contribution is -2.75. The van der Waals surface area contributed by atoms with E-state index in [2.05, 4.69) is 15.9 Å². The number of fused-ring (bicyclic) bond motifs is 2. The molecule has 0 amide bonds. The number of likely N-dealkylation sites (tertiary alicyclic amines) is 2. The molecule has 2 fully saturated rings. The van der Waals surface area contributed by atoms with E-state index in [1.165, 1.54) is 14.2 Å². The van der Waals surface area contributed by atoms with Crippen molar-refractivity contribution in [2.45, 2.75) is 12.1 Å². The maximum absolute atomic E-state index is 14.6. The van der Waals surface area contributed by atoms with Crippen molar-refractivity contribution >= 4 is 17.7 Å². The van der Waals surface area contributed by atoms with Crippen molar-refractivity contribution in [1.82, 2.24) is 19.8 Å². The molecule has 0 radical (unpaired) electrons. The molecule has 0 spiro atoms. The summed E-state index contributed by atoms with van der Waals surface area (Å²) in [6.07, 6.45) is 8.81. The molecular weight excluding hydrogens is 436 g/mol. The molecular formula is C25H26N4O5. The standard InChI is InChI=1S/C25H26N4O5/c1-5-14-29-15-24(22(31)33-3)19(17-10-6-8-12-26-17)28(2)20(18-11-7-9-13-27-18)25(16-29,21(24)30)23(32)34-4/h1,6-13,19-20H,14-16H2,2-4H3/t19?,20?,24-,25+. The molecule has 4 rings (SSSR count). The maximum Gasteiger partial charge on any atom is 0.322 e. The first-order chi connectivity index (χ1) is 16.4. The first kappa shape index (κ1) is 23.5. The van der Waals surface area contributed by atoms with Crippen molar-refractivity contribution in [3.63, 3.8) is 0 Å². The summed E-state index contributed by atoms with van der Waals surface area (Å²) in [5.41, 5.74) is -2.56. The van der Waals surface area contributed by atoms with Crippen LogP contribution in [0.15, 0.2) is 48.8 Å². The van der Waals surface area contributed by atoms with Gasteiger partial charge in [0.25, 0.3) is 0 Å². The Morgan fingerprint density at radius 3 is 1.82 bits per heavy atom. The van der Waals surface area contributed by atoms with Gasteiger partial charge in [0.15, 0.2) is 16.6 Å². The van der Waals surface area contributed by atoms with Crippen LogP contribution in [0.5, 0.6) is 0 Å². The highest BCUT2D eigenvalue weighted by Gasteiger charge is 2.75. The van der Waals surface area contributed by atoms with Crippen LogP contribution < -0.4 is 0 Å². The van der Waals surface area contributed by atoms with E-state index in [1.54, 1.807) is 60.7 Å². The van der Waals surface area contributed by atoms with Crippen molar-refractivity contribution < 1.29 is 23.9 Å². The first-order valence-corrected chi connectivity index (χ1v) is 10.8. The van der Waals surface area contributed by atoms with Gasteiger partial charge in [0.1, 0.15) is 0 Å². The predicted octanol–water partition coefficient (Wildman–Crippen LogP) is 1.04. The second-order valence-corrected chi connectivity index (χ2v) is 8.58. The topological polar surface area (TPSA) is 102 Å². The van der Waals surface area contributed by atoms with Crippen LogP contribution in [0.2, 0.25) is 0 Å². The summed E-state index contributed by atoms with van der Waals surface area (Å²) in [6, 6.07) is 8.87. The highest BCUT2D eigenvalue weighted by Crippen LogP contribution is 2.60. The molecule has 2 aromatic rings. The number of rotatable bonds is 5. The highest BCUT2D eigenvalue weighted by atomic mass is 16.5. The molecule has 0 N–H and O–H groups in total. The van der Waals surface area contributed by atoms with E-state index in [0.717, 1.165) is 0 Å². The van der Waals surface area contributed by atoms with Crippen LogP contribution in [-0.4, -0.2) is 78.4 Å². The number of carbonyl (C=O) groups excluding carboxylic acids is 3. The summed E-state index contributed by atoms with van der Waals surface area (Å²) in [5.74, 6) is 0.493. The Morgan fingerprint density at radius 1 is 1.00 bits per heavy atom. The van der Waals surface area contributed by atoms with E-state index < -0.39 is 40.6 Å². The van der Waals surface area contributed by atoms with Crippen LogP contribution in [-0.2, 0) is 23.9 Å². The van der Waals surface area contributed by atoms with E-state index in [9.17, 15) is 14.4 Å². The smallest absolute Gasteiger partial charge is 0.322 e. The molecule has 2 aliphatic rings. The fourth-order valence-electron chi connectivity index (χ4n) is 5.71. The van der Waals surface area contributed by atoms with E-state index in [4.69, 9.17) is 15.9 Å². The lowest BCUT2D eigenvalue weighted by molar-refractivity contribution is -0.203. The highest BCUT2D eigenvalue weighted by molar-refractivity contribution is 6.17. The van der Waals surface area contributed by atoms with Gasteiger partial charge in [-0.3, -0.25) is 34.2 Å². The van der Waals surface area contributed by atoms with Gasteiger partial charge in [-0.2, -0.15) is 0 Å². The molecule has 2 aromatic heterocycles. The number of esters is 2. The number of ether oxygens (including phenoxy) is 2. The molecule has 9 heteroatoms. The number of aromatic nitrogens is 2. The number of ketones is 1. The zero-order valence-electron chi connectivity index (χ0n) is 19.3. The molecule has 0 aliphatic carbocycles. The number of methoxy groups -OCH3 is 2. The van der Waals surface area contributed by atoms with Crippen LogP contribution in [0, 0.1) is 23.2 Å². The normalized spacial score (nSPS) is 29.2. The van der Waals surface area contributed by atoms with Crippen LogP contribution in [0.1, 0.15) is 23.5 Å². The lowest BCUT2D eigenvalue weighted by Gasteiger charge is -2.60. The third-order valence-corrected chi connectivity index (χ3v) is 6.85. The second-order valence-electron chi connectivity index (χ2n) is 8.58. The van der Waals surface area contributed by atoms with E-state index in [-0.39, 0.29) is 19.6 Å². The lowest BCUT2D eigenvalue weighted by atomic mass is 9.54. The number of piperidine rings is 2. The monoisotopic (exact) mass is 462 g/mol. The van der Waals surface area contributed by atoms with Crippen molar-refractivity contribution in [1.29, 1.82) is 0 Å². The number of nitrogens with zero attached hydrogens (tertiary/aromatic N) is 4. The average molecular weight is 463 g/mol. The van der Waals surface area contributed by atoms with E-state index >= 15 is 0 Å². The van der Waals surface area contributed by atoms with Crippen LogP contribution in [0.3, 0.4) is 0 Å². The molecule has 4 heterocycles. The van der Waals surface area contributed by atoms with Crippen molar-refractivity contribution in [3.05, 3.63) is 60.2 Å². The Morgan fingerprint density at radius 2 is 1.47 bits per heavy atom. The summed E-state index contributed by atoms with van der Waals surface area (Å²) in [4.78, 5) is 54.2. The number of hydrogen-bond acceptors (Lipinski definition) is 9. The zero-order chi connectivity index (χ0) is 24.5. The maximum atomic E-state index is 14.6. The molecule has 2 bridgehead atoms. The van der Waals surface area contributed by atoms with Gasteiger partial charge >= 0.3 is 11.9 Å². The third-order valence-electron chi connectivity index (χ3n) is 6.85. The van der Waals surface area contributed by atoms with Gasteiger partial charge in [-0.05, 0) is 31.3 Å². The number of terminal acetylenes is 1. The number of Topliss-reactive ketones (excluding diaryl/α,β-unsaturated/α-hetero) is 1. The quantitative estimate of drug-likeness (QED) is 0.366. The van der Waals surface area contributed by atoms with Gasteiger partial charge in [0.2, 0.25) is 0 Å². The third kappa shape index (κ3) is 3.22. The fraction of sp³-hybridized carbons (Fsp3) is 0.400. The van der Waals surface area contributed by atoms with Gasteiger partial charge in [-0.1, -0.05) is 18.1 Å². The second kappa shape index (κ2) is 8.97. The average Bonchev–Trinajstić information content (AvgIpc) is 2.86. The van der Waals surface area contributed by atoms with E-state index in [0.29, 0.717) is 11.4 Å². The number of carbonyl (C=O) groups is 3. The zero-order valence-corrected chi connectivity index (χ0v) is 19.3. The van der Waals surface area contributed by atoms with Gasteiger partial charge in [0, 0.05) is 25.5 Å². The van der Waals surface area contributed by atoms with Crippen LogP contribution >= 0.6 is 0 Å². The van der Waals surface area contributed by atoms with Crippen molar-refractivity contribution in [2.75, 3.05) is 40.9 Å². The number of hydrogen-bond donors (Lipinski definition) is 0. The minimum absolute atomic E-state index is 0.0258. The molecule has 2 saturated heterocycles. The predicted molar refractivity (Wildman–Crippen MR) is 121 cm³/mol. The molecule has 34 heavy (non-hydrogen) atoms. The van der Waals surface area contributed by atoms with Gasteiger partial charge in [0.05, 0.1) is 44.2 Å². The summed E-state index contributed by atoms with van der Waals surface area (Å²) >= 11 is 0. The molecule has 2 aliphatic heterocycles. The first-order valence-electron chi connectivity index (χ1n) is 10.8. The molecule has 0 aromatic carbocycles. The Labute approximate surface area is 198 Å². The Balaban J connectivity index is 2.08. The fourth-order valence-corrected chi connectivity index (χ4v) is 5.71. The van der Waals surface area contributed by atoms with Gasteiger partial charge in [-0.25, -0.2) is 0 Å². The Kier molecular flexibility index (Phi) is 6.21. The van der Waals surface area contributed by atoms with Gasteiger partial charge in [-0.15, -0.1) is 6.42 Å². The minimum atomic E-state index is -1.77. The summed E-state index contributed by atoms with van der Waals surface area (Å²) in [7, 11) is 4.21. The largest absolute Gasteiger partial charge is 0.468 e. The number of pyridine rings is 2. The van der Waals surface area contributed by atoms with Crippen molar-refractivity contribution in [3.8, 4) is 12.3 Å². The molecule has 4 atom stereocenters. The summed E-state index contributed by atoms with van der Waals surface area (Å²) in [6.45, 7) is 0.0717. The van der Waals surface area contributed by atoms with Crippen LogP contribution in [0.25, 0.3) is 0 Å². The minimum Gasteiger partial charge on any atom is -0.468 e. The Bertz CT molecular complexity index is 1060. The molecule has 2 unspecified atom stereocenters. The molecule has 176 valence electrons. The van der Waals surface area contributed by atoms with Gasteiger partial charge < -0.3 is 9.47 Å². The summed E-state index contributed by atoms with van der Waals surface area (Å²) in [5, 5.41) is 0. The summed E-state index contributed by atoms with van der Waals surface area (Å²) < 4.78 is 10.4. The molecule has 9 nitrogen and oxygen atoms in total. The molecule has 0 saturated carbocycles.